The van der Waals surface area contributed by atoms with Crippen molar-refractivity contribution in [2.24, 2.45) is 5.92 Å². The van der Waals surface area contributed by atoms with Gasteiger partial charge in [-0.05, 0) is 31.6 Å². The van der Waals surface area contributed by atoms with Crippen LogP contribution in [0.25, 0.3) is 0 Å². The molecule has 0 fully saturated rings. The molecule has 0 aliphatic heterocycles. The van der Waals surface area contributed by atoms with Gasteiger partial charge in [-0.15, -0.1) is 11.6 Å². The number of rotatable bonds is 7. The number of aromatic nitrogens is 2. The van der Waals surface area contributed by atoms with Gasteiger partial charge in [0.2, 0.25) is 0 Å². The van der Waals surface area contributed by atoms with E-state index in [1.165, 1.54) is 23.4 Å². The van der Waals surface area contributed by atoms with Gasteiger partial charge in [0, 0.05) is 17.8 Å². The summed E-state index contributed by atoms with van der Waals surface area (Å²) in [5.74, 6) is 0.713. The molecule has 1 aromatic heterocycles. The van der Waals surface area contributed by atoms with Gasteiger partial charge in [-0.25, -0.2) is 0 Å². The molecule has 2 nitrogen and oxygen atoms in total. The summed E-state index contributed by atoms with van der Waals surface area (Å²) in [7, 11) is 0. The Labute approximate surface area is 117 Å². The zero-order valence-electron chi connectivity index (χ0n) is 12.5. The van der Waals surface area contributed by atoms with Crippen molar-refractivity contribution in [1.29, 1.82) is 0 Å². The van der Waals surface area contributed by atoms with Crippen LogP contribution in [0.2, 0.25) is 0 Å². The van der Waals surface area contributed by atoms with Crippen LogP contribution in [0.5, 0.6) is 0 Å². The monoisotopic (exact) mass is 270 g/mol. The highest BCUT2D eigenvalue weighted by molar-refractivity contribution is 6.20. The Bertz CT molecular complexity index is 369. The van der Waals surface area contributed by atoms with Crippen molar-refractivity contribution in [3.63, 3.8) is 0 Å². The van der Waals surface area contributed by atoms with Crippen LogP contribution in [0.4, 0.5) is 0 Å². The molecule has 104 valence electrons. The molecule has 0 saturated heterocycles. The molecule has 0 amide bonds. The smallest absolute Gasteiger partial charge is 0.0671 e. The lowest BCUT2D eigenvalue weighted by Crippen LogP contribution is -2.08. The molecule has 0 aromatic carbocycles. The predicted octanol–water partition coefficient (Wildman–Crippen LogP) is 4.74. The van der Waals surface area contributed by atoms with E-state index >= 15 is 0 Å². The van der Waals surface area contributed by atoms with Crippen LogP contribution in [-0.2, 0) is 19.4 Å². The lowest BCUT2D eigenvalue weighted by atomic mass is 10.0. The molecular formula is C15H27ClN2. The minimum Gasteiger partial charge on any atom is -0.269 e. The number of hydrogen-bond acceptors (Lipinski definition) is 1. The molecule has 1 heterocycles. The van der Waals surface area contributed by atoms with Crippen LogP contribution in [0.1, 0.15) is 69.8 Å². The molecule has 18 heavy (non-hydrogen) atoms. The maximum Gasteiger partial charge on any atom is 0.0671 e. The van der Waals surface area contributed by atoms with Crippen LogP contribution in [0.15, 0.2) is 0 Å². The van der Waals surface area contributed by atoms with Gasteiger partial charge in [-0.3, -0.25) is 4.68 Å². The van der Waals surface area contributed by atoms with Crippen molar-refractivity contribution in [3.05, 3.63) is 17.0 Å². The summed E-state index contributed by atoms with van der Waals surface area (Å²) in [4.78, 5) is 0. The predicted molar refractivity (Wildman–Crippen MR) is 79.3 cm³/mol. The molecule has 0 aliphatic rings. The lowest BCUT2D eigenvalue weighted by Gasteiger charge is -2.11. The van der Waals surface area contributed by atoms with Crippen LogP contribution in [0.3, 0.4) is 0 Å². The lowest BCUT2D eigenvalue weighted by molar-refractivity contribution is 0.474. The van der Waals surface area contributed by atoms with Crippen molar-refractivity contribution in [3.8, 4) is 0 Å². The van der Waals surface area contributed by atoms with E-state index in [9.17, 15) is 0 Å². The Morgan fingerprint density at radius 2 is 1.83 bits per heavy atom. The van der Waals surface area contributed by atoms with E-state index in [2.05, 4.69) is 39.3 Å². The molecule has 0 N–H and O–H groups in total. The summed E-state index contributed by atoms with van der Waals surface area (Å²) in [6.07, 6.45) is 4.14. The van der Waals surface area contributed by atoms with Crippen molar-refractivity contribution < 1.29 is 0 Å². The van der Waals surface area contributed by atoms with Crippen molar-refractivity contribution in [2.45, 2.75) is 72.2 Å². The Kier molecular flexibility index (Phi) is 6.20. The summed E-state index contributed by atoms with van der Waals surface area (Å²) in [5, 5.41) is 4.89. The number of hydrogen-bond donors (Lipinski definition) is 0. The molecule has 0 aliphatic carbocycles. The third-order valence-corrected chi connectivity index (χ3v) is 3.96. The molecule has 1 unspecified atom stereocenters. The van der Waals surface area contributed by atoms with E-state index in [4.69, 9.17) is 16.7 Å². The van der Waals surface area contributed by atoms with Gasteiger partial charge in [0.25, 0.3) is 0 Å². The second kappa shape index (κ2) is 7.18. The topological polar surface area (TPSA) is 17.8 Å². The van der Waals surface area contributed by atoms with Crippen molar-refractivity contribution in [1.82, 2.24) is 9.78 Å². The molecule has 0 saturated carbocycles. The average Bonchev–Trinajstić information content (AvgIpc) is 2.72. The fourth-order valence-electron chi connectivity index (χ4n) is 2.33. The summed E-state index contributed by atoms with van der Waals surface area (Å²) < 4.78 is 2.19. The van der Waals surface area contributed by atoms with Gasteiger partial charge in [0.05, 0.1) is 11.1 Å². The van der Waals surface area contributed by atoms with Gasteiger partial charge in [0.15, 0.2) is 0 Å². The first-order valence-electron chi connectivity index (χ1n) is 7.27. The highest BCUT2D eigenvalue weighted by Crippen LogP contribution is 2.31. The first-order valence-corrected chi connectivity index (χ1v) is 7.71. The van der Waals surface area contributed by atoms with E-state index < -0.39 is 0 Å². The van der Waals surface area contributed by atoms with Gasteiger partial charge < -0.3 is 0 Å². The molecule has 0 spiro atoms. The second-order valence-corrected chi connectivity index (χ2v) is 5.82. The largest absolute Gasteiger partial charge is 0.269 e. The molecule has 1 rings (SSSR count). The highest BCUT2D eigenvalue weighted by atomic mass is 35.5. The first-order chi connectivity index (χ1) is 8.54. The van der Waals surface area contributed by atoms with E-state index in [1.807, 2.05) is 0 Å². The maximum atomic E-state index is 6.48. The standard InChI is InChI=1S/C15H27ClN2/c1-6-12(16)15-13(7-2)17-18(14(15)8-3)10-9-11(4)5/h11-12H,6-10H2,1-5H3. The number of aryl methyl sites for hydroxylation is 2. The molecule has 3 heteroatoms. The number of nitrogens with zero attached hydrogens (tertiary/aromatic N) is 2. The van der Waals surface area contributed by atoms with Crippen molar-refractivity contribution in [2.75, 3.05) is 0 Å². The van der Waals surface area contributed by atoms with Gasteiger partial charge in [0.1, 0.15) is 0 Å². The first kappa shape index (κ1) is 15.6. The van der Waals surface area contributed by atoms with E-state index in [-0.39, 0.29) is 5.38 Å². The van der Waals surface area contributed by atoms with Crippen LogP contribution < -0.4 is 0 Å². The Morgan fingerprint density at radius 3 is 2.28 bits per heavy atom. The molecular weight excluding hydrogens is 244 g/mol. The molecule has 1 atom stereocenters. The van der Waals surface area contributed by atoms with Gasteiger partial charge in [-0.2, -0.15) is 5.10 Å². The minimum atomic E-state index is 0.114. The fraction of sp³-hybridized carbons (Fsp3) is 0.800. The Balaban J connectivity index is 3.07. The normalized spacial score (nSPS) is 13.3. The van der Waals surface area contributed by atoms with Crippen LogP contribution >= 0.6 is 11.6 Å². The van der Waals surface area contributed by atoms with Crippen molar-refractivity contribution >= 4 is 11.6 Å². The van der Waals surface area contributed by atoms with E-state index in [1.54, 1.807) is 0 Å². The SMILES string of the molecule is CCc1nn(CCC(C)C)c(CC)c1C(Cl)CC. The van der Waals surface area contributed by atoms with Crippen LogP contribution in [0, 0.1) is 5.92 Å². The average molecular weight is 271 g/mol. The van der Waals surface area contributed by atoms with E-state index in [0.29, 0.717) is 5.92 Å². The Morgan fingerprint density at radius 1 is 1.17 bits per heavy atom. The maximum absolute atomic E-state index is 6.48. The van der Waals surface area contributed by atoms with E-state index in [0.717, 1.165) is 25.8 Å². The molecule has 0 bridgehead atoms. The third kappa shape index (κ3) is 3.50. The highest BCUT2D eigenvalue weighted by Gasteiger charge is 2.20. The zero-order chi connectivity index (χ0) is 13.7. The summed E-state index contributed by atoms with van der Waals surface area (Å²) >= 11 is 6.48. The summed E-state index contributed by atoms with van der Waals surface area (Å²) in [6.45, 7) is 12.0. The second-order valence-electron chi connectivity index (χ2n) is 5.30. The third-order valence-electron chi connectivity index (χ3n) is 3.43. The number of halogens is 1. The summed E-state index contributed by atoms with van der Waals surface area (Å²) in [6, 6.07) is 0. The number of alkyl halides is 1. The molecule has 1 aromatic rings. The minimum absolute atomic E-state index is 0.114. The fourth-order valence-corrected chi connectivity index (χ4v) is 2.58. The Hall–Kier alpha value is -0.500. The van der Waals surface area contributed by atoms with Gasteiger partial charge >= 0.3 is 0 Å². The summed E-state index contributed by atoms with van der Waals surface area (Å²) in [5.41, 5.74) is 3.83. The van der Waals surface area contributed by atoms with Gasteiger partial charge in [-0.1, -0.05) is 34.6 Å². The molecule has 0 radical (unpaired) electrons. The van der Waals surface area contributed by atoms with Crippen LogP contribution in [-0.4, -0.2) is 9.78 Å². The quantitative estimate of drug-likeness (QED) is 0.654. The zero-order valence-corrected chi connectivity index (χ0v) is 13.2.